The second-order valence-corrected chi connectivity index (χ2v) is 28.8. The van der Waals surface area contributed by atoms with Crippen molar-refractivity contribution >= 4 is 39.7 Å². The Balaban J connectivity index is 3.95. The first-order valence-corrected chi connectivity index (χ1v) is 33.6. The van der Waals surface area contributed by atoms with Gasteiger partial charge in [0.1, 0.15) is 0 Å². The highest BCUT2D eigenvalue weighted by molar-refractivity contribution is 9.12. The zero-order chi connectivity index (χ0) is 41.8. The molecular formula is C54H111PS3. The van der Waals surface area contributed by atoms with Gasteiger partial charge in [0.25, 0.3) is 0 Å². The Morgan fingerprint density at radius 3 is 0.431 bits per heavy atom. The molecule has 0 nitrogen and oxygen atoms in total. The third-order valence-electron chi connectivity index (χ3n) is 12.6. The van der Waals surface area contributed by atoms with Crippen molar-refractivity contribution in [2.24, 2.45) is 0 Å². The summed E-state index contributed by atoms with van der Waals surface area (Å²) < 4.78 is 0. The number of hydrogen-bond donors (Lipinski definition) is 0. The molecule has 0 saturated heterocycles. The Kier molecular flexibility index (Phi) is 57.9. The van der Waals surface area contributed by atoms with Crippen LogP contribution < -0.4 is 0 Å². The van der Waals surface area contributed by atoms with Crippen molar-refractivity contribution in [1.29, 1.82) is 0 Å². The Bertz CT molecular complexity index is 599. The summed E-state index contributed by atoms with van der Waals surface area (Å²) >= 11 is 7.13. The normalized spacial score (nSPS) is 11.8. The summed E-state index contributed by atoms with van der Waals surface area (Å²) in [4.78, 5) is 0. The lowest BCUT2D eigenvalue weighted by atomic mass is 10.0. The van der Waals surface area contributed by atoms with Crippen LogP contribution in [0.4, 0.5) is 0 Å². The first-order valence-electron chi connectivity index (χ1n) is 27.5. The highest BCUT2D eigenvalue weighted by Crippen LogP contribution is 2.70. The van der Waals surface area contributed by atoms with Gasteiger partial charge in [-0.15, -0.1) is 34.1 Å². The molecule has 0 amide bonds. The van der Waals surface area contributed by atoms with Crippen LogP contribution in [0.2, 0.25) is 0 Å². The summed E-state index contributed by atoms with van der Waals surface area (Å²) in [5, 5.41) is 0. The quantitative estimate of drug-likeness (QED) is 0.0441. The largest absolute Gasteiger partial charge is 0.112 e. The van der Waals surface area contributed by atoms with Crippen molar-refractivity contribution in [3.05, 3.63) is 0 Å². The molecule has 0 aromatic carbocycles. The van der Waals surface area contributed by atoms with Gasteiger partial charge in [-0.3, -0.25) is 0 Å². The minimum atomic E-state index is 0.0586. The van der Waals surface area contributed by atoms with Crippen LogP contribution in [0, 0.1) is 0 Å². The van der Waals surface area contributed by atoms with Crippen LogP contribution >= 0.6 is 39.7 Å². The van der Waals surface area contributed by atoms with Crippen molar-refractivity contribution in [2.75, 3.05) is 17.3 Å². The summed E-state index contributed by atoms with van der Waals surface area (Å²) in [5.41, 5.74) is 0.0586. The van der Waals surface area contributed by atoms with E-state index in [0.717, 1.165) is 0 Å². The van der Waals surface area contributed by atoms with Gasteiger partial charge in [0.05, 0.1) is 5.53 Å². The lowest BCUT2D eigenvalue weighted by Gasteiger charge is -2.15. The van der Waals surface area contributed by atoms with E-state index in [1.807, 2.05) is 0 Å². The van der Waals surface area contributed by atoms with Crippen LogP contribution in [0.1, 0.15) is 329 Å². The molecule has 0 bridgehead atoms. The fourth-order valence-corrected chi connectivity index (χ4v) is 19.4. The molecule has 4 heteroatoms. The van der Waals surface area contributed by atoms with Gasteiger partial charge in [0.2, 0.25) is 0 Å². The van der Waals surface area contributed by atoms with Crippen LogP contribution in [0.25, 0.3) is 0 Å². The SMILES string of the molecule is CCCCCCCCCCCCCCCCCCSP(SCCCCCCCCCCCCCCCCCC)SCCCCCCCCCCCCCCCCCC. The molecule has 58 heavy (non-hydrogen) atoms. The van der Waals surface area contributed by atoms with E-state index in [-0.39, 0.29) is 5.53 Å². The zero-order valence-corrected chi connectivity index (χ0v) is 44.1. The molecule has 350 valence electrons. The van der Waals surface area contributed by atoms with Gasteiger partial charge in [0, 0.05) is 0 Å². The van der Waals surface area contributed by atoms with Gasteiger partial charge >= 0.3 is 0 Å². The fourth-order valence-electron chi connectivity index (χ4n) is 8.48. The van der Waals surface area contributed by atoms with Crippen molar-refractivity contribution in [1.82, 2.24) is 0 Å². The molecular weight excluding hydrogens is 776 g/mol. The van der Waals surface area contributed by atoms with E-state index in [0.29, 0.717) is 0 Å². The molecule has 0 spiro atoms. The smallest absolute Gasteiger partial charge is 0.0729 e. The molecule has 0 aromatic rings. The minimum absolute atomic E-state index is 0.0586. The van der Waals surface area contributed by atoms with Crippen LogP contribution in [-0.2, 0) is 0 Å². The Hall–Kier alpha value is 1.48. The monoisotopic (exact) mass is 887 g/mol. The van der Waals surface area contributed by atoms with Crippen LogP contribution in [0.5, 0.6) is 0 Å². The molecule has 0 rings (SSSR count). The summed E-state index contributed by atoms with van der Waals surface area (Å²) in [6, 6.07) is 0. The lowest BCUT2D eigenvalue weighted by molar-refractivity contribution is 0.532. The van der Waals surface area contributed by atoms with Gasteiger partial charge in [-0.1, -0.05) is 310 Å². The molecule has 0 atom stereocenters. The molecule has 0 heterocycles. The van der Waals surface area contributed by atoms with Gasteiger partial charge in [-0.25, -0.2) is 0 Å². The maximum atomic E-state index is 2.38. The molecule has 0 aliphatic rings. The van der Waals surface area contributed by atoms with E-state index in [9.17, 15) is 0 Å². The van der Waals surface area contributed by atoms with Gasteiger partial charge in [-0.2, -0.15) is 0 Å². The van der Waals surface area contributed by atoms with E-state index in [4.69, 9.17) is 0 Å². The van der Waals surface area contributed by atoms with Crippen LogP contribution in [-0.4, -0.2) is 17.3 Å². The van der Waals surface area contributed by atoms with E-state index in [1.165, 1.54) is 325 Å². The number of unbranched alkanes of at least 4 members (excludes halogenated alkanes) is 45. The van der Waals surface area contributed by atoms with E-state index >= 15 is 0 Å². The summed E-state index contributed by atoms with van der Waals surface area (Å²) in [5.74, 6) is 4.26. The third-order valence-corrected chi connectivity index (χ3v) is 23.9. The average molecular weight is 888 g/mol. The lowest BCUT2D eigenvalue weighted by Crippen LogP contribution is -1.86. The average Bonchev–Trinajstić information content (AvgIpc) is 3.23. The Labute approximate surface area is 383 Å². The van der Waals surface area contributed by atoms with E-state index in [2.05, 4.69) is 54.9 Å². The highest BCUT2D eigenvalue weighted by Gasteiger charge is 2.11. The fraction of sp³-hybridized carbons (Fsp3) is 1.00. The molecule has 0 aromatic heterocycles. The third kappa shape index (κ3) is 53.6. The van der Waals surface area contributed by atoms with Gasteiger partial charge in [-0.05, 0) is 36.5 Å². The van der Waals surface area contributed by atoms with Crippen molar-refractivity contribution < 1.29 is 0 Å². The molecule has 0 aliphatic carbocycles. The first kappa shape index (κ1) is 59.5. The summed E-state index contributed by atoms with van der Waals surface area (Å²) in [6.45, 7) is 6.96. The maximum Gasteiger partial charge on any atom is 0.0729 e. The predicted octanol–water partition coefficient (Wildman–Crippen LogP) is 23.2. The predicted molar refractivity (Wildman–Crippen MR) is 283 cm³/mol. The minimum Gasteiger partial charge on any atom is -0.112 e. The molecule has 0 unspecified atom stereocenters. The Morgan fingerprint density at radius 2 is 0.293 bits per heavy atom. The standard InChI is InChI=1S/C54H111PS3/c1-4-7-10-13-16-19-22-25-28-31-34-37-40-43-46-49-52-56-55(57-53-50-47-44-41-38-35-32-29-26-23-20-17-14-11-8-5-2)58-54-51-48-45-42-39-36-33-30-27-24-21-18-15-12-9-6-3/h4-54H2,1-3H3. The molecule has 0 aliphatic heterocycles. The van der Waals surface area contributed by atoms with Crippen LogP contribution in [0.3, 0.4) is 0 Å². The van der Waals surface area contributed by atoms with Crippen molar-refractivity contribution in [3.63, 3.8) is 0 Å². The maximum absolute atomic E-state index is 2.38. The van der Waals surface area contributed by atoms with Crippen molar-refractivity contribution in [2.45, 2.75) is 329 Å². The molecule has 0 fully saturated rings. The van der Waals surface area contributed by atoms with E-state index in [1.54, 1.807) is 0 Å². The highest BCUT2D eigenvalue weighted by atomic mass is 33.4. The van der Waals surface area contributed by atoms with Crippen LogP contribution in [0.15, 0.2) is 0 Å². The molecule has 0 radical (unpaired) electrons. The second kappa shape index (κ2) is 56.5. The molecule has 0 N–H and O–H groups in total. The zero-order valence-electron chi connectivity index (χ0n) is 40.7. The first-order chi connectivity index (χ1) is 28.8. The number of rotatable bonds is 54. The van der Waals surface area contributed by atoms with Crippen molar-refractivity contribution in [3.8, 4) is 0 Å². The summed E-state index contributed by atoms with van der Waals surface area (Å²) in [6.07, 6.45) is 70.7. The molecule has 0 saturated carbocycles. The summed E-state index contributed by atoms with van der Waals surface area (Å²) in [7, 11) is 0. The van der Waals surface area contributed by atoms with Gasteiger partial charge < -0.3 is 0 Å². The topological polar surface area (TPSA) is 0 Å². The second-order valence-electron chi connectivity index (χ2n) is 18.6. The van der Waals surface area contributed by atoms with Gasteiger partial charge in [0.15, 0.2) is 0 Å². The Morgan fingerprint density at radius 1 is 0.172 bits per heavy atom. The van der Waals surface area contributed by atoms with E-state index < -0.39 is 0 Å². The number of hydrogen-bond acceptors (Lipinski definition) is 3.